The molecule has 9 heteroatoms. The molecule has 0 aliphatic heterocycles. The van der Waals surface area contributed by atoms with E-state index in [0.29, 0.717) is 15.6 Å². The van der Waals surface area contributed by atoms with Crippen LogP contribution in [0.4, 0.5) is 5.82 Å². The molecule has 1 aromatic heterocycles. The Kier molecular flexibility index (Phi) is 7.57. The topological polar surface area (TPSA) is 97.4 Å². The van der Waals surface area contributed by atoms with Crippen LogP contribution < -0.4 is 10.6 Å². The number of nitrogens with zero attached hydrogens (tertiary/aromatic N) is 1. The van der Waals surface area contributed by atoms with Crippen LogP contribution in [0.3, 0.4) is 0 Å². The molecule has 0 saturated carbocycles. The van der Waals surface area contributed by atoms with Gasteiger partial charge in [-0.3, -0.25) is 14.4 Å². The van der Waals surface area contributed by atoms with E-state index < -0.39 is 24.5 Å². The van der Waals surface area contributed by atoms with Crippen molar-refractivity contribution in [3.63, 3.8) is 0 Å². The van der Waals surface area contributed by atoms with Crippen LogP contribution in [-0.2, 0) is 19.1 Å². The minimum Gasteiger partial charge on any atom is -0.455 e. The Labute approximate surface area is 166 Å². The lowest BCUT2D eigenvalue weighted by Crippen LogP contribution is -2.29. The third kappa shape index (κ3) is 7.24. The Morgan fingerprint density at radius 1 is 1.07 bits per heavy atom. The summed E-state index contributed by atoms with van der Waals surface area (Å²) in [6.45, 7) is 0.872. The Bertz CT molecular complexity index is 810. The van der Waals surface area contributed by atoms with Gasteiger partial charge >= 0.3 is 5.97 Å². The number of hydrogen-bond acceptors (Lipinski definition) is 5. The van der Waals surface area contributed by atoms with E-state index >= 15 is 0 Å². The van der Waals surface area contributed by atoms with Gasteiger partial charge in [0.15, 0.2) is 6.61 Å². The predicted molar refractivity (Wildman–Crippen MR) is 101 cm³/mol. The van der Waals surface area contributed by atoms with Crippen molar-refractivity contribution in [1.82, 2.24) is 10.3 Å². The van der Waals surface area contributed by atoms with Crippen molar-refractivity contribution in [1.29, 1.82) is 0 Å². The van der Waals surface area contributed by atoms with E-state index in [-0.39, 0.29) is 18.1 Å². The maximum absolute atomic E-state index is 12.1. The van der Waals surface area contributed by atoms with Crippen LogP contribution >= 0.6 is 23.2 Å². The number of anilines is 1. The second-order valence-corrected chi connectivity index (χ2v) is 6.45. The van der Waals surface area contributed by atoms with Gasteiger partial charge < -0.3 is 15.4 Å². The molecule has 0 aliphatic rings. The van der Waals surface area contributed by atoms with Gasteiger partial charge in [-0.05, 0) is 29.8 Å². The molecule has 2 rings (SSSR count). The molecule has 0 spiro atoms. The number of rotatable bonds is 7. The maximum atomic E-state index is 12.1. The third-order valence-electron chi connectivity index (χ3n) is 3.38. The summed E-state index contributed by atoms with van der Waals surface area (Å²) in [6, 6.07) is 9.22. The van der Waals surface area contributed by atoms with Crippen molar-refractivity contribution >= 4 is 46.8 Å². The molecular weight excluding hydrogens is 393 g/mol. The lowest BCUT2D eigenvalue weighted by molar-refractivity contribution is -0.148. The van der Waals surface area contributed by atoms with Crippen molar-refractivity contribution in [2.75, 3.05) is 11.9 Å². The van der Waals surface area contributed by atoms with Crippen molar-refractivity contribution in [3.05, 3.63) is 58.2 Å². The normalized spacial score (nSPS) is 11.4. The Morgan fingerprint density at radius 2 is 1.74 bits per heavy atom. The molecule has 142 valence electrons. The molecule has 7 nitrogen and oxygen atoms in total. The number of benzene rings is 1. The van der Waals surface area contributed by atoms with Crippen LogP contribution in [-0.4, -0.2) is 29.4 Å². The molecule has 1 unspecified atom stereocenters. The van der Waals surface area contributed by atoms with Crippen molar-refractivity contribution in [3.8, 4) is 0 Å². The number of aromatic nitrogens is 1. The van der Waals surface area contributed by atoms with Crippen molar-refractivity contribution in [2.45, 2.75) is 19.4 Å². The second kappa shape index (κ2) is 9.89. The van der Waals surface area contributed by atoms with Gasteiger partial charge in [0.05, 0.1) is 17.5 Å². The zero-order valence-corrected chi connectivity index (χ0v) is 15.9. The van der Waals surface area contributed by atoms with Crippen LogP contribution in [0.15, 0.2) is 42.6 Å². The number of carbonyl (C=O) groups is 3. The van der Waals surface area contributed by atoms with E-state index in [1.807, 2.05) is 0 Å². The summed E-state index contributed by atoms with van der Waals surface area (Å²) in [4.78, 5) is 39.2. The first-order valence-electron chi connectivity index (χ1n) is 7.93. The number of ether oxygens (including phenoxy) is 1. The van der Waals surface area contributed by atoms with Crippen LogP contribution in [0.1, 0.15) is 24.9 Å². The summed E-state index contributed by atoms with van der Waals surface area (Å²) in [5, 5.41) is 6.12. The van der Waals surface area contributed by atoms with Gasteiger partial charge in [-0.1, -0.05) is 35.3 Å². The first-order chi connectivity index (χ1) is 12.8. The van der Waals surface area contributed by atoms with Crippen LogP contribution in [0.2, 0.25) is 10.0 Å². The molecule has 1 atom stereocenters. The molecule has 1 heterocycles. The standard InChI is InChI=1S/C18H17Cl2N3O4/c1-11(24)22-15(12-2-4-13(19)5-3-12)8-18(26)27-10-17(25)23-16-7-6-14(20)9-21-16/h2-7,9,15H,8,10H2,1H3,(H,22,24)(H,21,23,25). The highest BCUT2D eigenvalue weighted by Crippen LogP contribution is 2.20. The molecule has 0 radical (unpaired) electrons. The number of esters is 1. The maximum Gasteiger partial charge on any atom is 0.308 e. The summed E-state index contributed by atoms with van der Waals surface area (Å²) in [7, 11) is 0. The molecule has 2 N–H and O–H groups in total. The number of amides is 2. The minimum absolute atomic E-state index is 0.131. The zero-order chi connectivity index (χ0) is 19.8. The fourth-order valence-electron chi connectivity index (χ4n) is 2.19. The fourth-order valence-corrected chi connectivity index (χ4v) is 2.43. The van der Waals surface area contributed by atoms with Gasteiger partial charge in [0.1, 0.15) is 5.82 Å². The average Bonchev–Trinajstić information content (AvgIpc) is 2.62. The van der Waals surface area contributed by atoms with E-state index in [2.05, 4.69) is 15.6 Å². The smallest absolute Gasteiger partial charge is 0.308 e. The van der Waals surface area contributed by atoms with Gasteiger partial charge in [0, 0.05) is 18.1 Å². The molecule has 0 saturated heterocycles. The van der Waals surface area contributed by atoms with Crippen molar-refractivity contribution in [2.24, 2.45) is 0 Å². The monoisotopic (exact) mass is 409 g/mol. The predicted octanol–water partition coefficient (Wildman–Crippen LogP) is 3.14. The van der Waals surface area contributed by atoms with Gasteiger partial charge in [-0.15, -0.1) is 0 Å². The molecule has 27 heavy (non-hydrogen) atoms. The van der Waals surface area contributed by atoms with Crippen molar-refractivity contribution < 1.29 is 19.1 Å². The van der Waals surface area contributed by atoms with E-state index in [0.717, 1.165) is 0 Å². The van der Waals surface area contributed by atoms with E-state index in [1.54, 1.807) is 30.3 Å². The summed E-state index contributed by atoms with van der Waals surface area (Å²) < 4.78 is 4.97. The number of nitrogens with one attached hydrogen (secondary N) is 2. The van der Waals surface area contributed by atoms with E-state index in [9.17, 15) is 14.4 Å². The summed E-state index contributed by atoms with van der Waals surface area (Å²) in [6.07, 6.45) is 1.25. The van der Waals surface area contributed by atoms with Gasteiger partial charge in [0.25, 0.3) is 5.91 Å². The quantitative estimate of drug-likeness (QED) is 0.684. The fraction of sp³-hybridized carbons (Fsp3) is 0.222. The molecule has 1 aromatic carbocycles. The third-order valence-corrected chi connectivity index (χ3v) is 3.86. The lowest BCUT2D eigenvalue weighted by Gasteiger charge is -2.17. The largest absolute Gasteiger partial charge is 0.455 e. The highest BCUT2D eigenvalue weighted by atomic mass is 35.5. The highest BCUT2D eigenvalue weighted by molar-refractivity contribution is 6.30. The number of pyridine rings is 1. The summed E-state index contributed by atoms with van der Waals surface area (Å²) in [5.41, 5.74) is 0.696. The minimum atomic E-state index is -0.636. The SMILES string of the molecule is CC(=O)NC(CC(=O)OCC(=O)Nc1ccc(Cl)cn1)c1ccc(Cl)cc1. The Morgan fingerprint density at radius 3 is 2.33 bits per heavy atom. The van der Waals surface area contributed by atoms with E-state index in [1.165, 1.54) is 19.2 Å². The van der Waals surface area contributed by atoms with E-state index in [4.69, 9.17) is 27.9 Å². The first-order valence-corrected chi connectivity index (χ1v) is 8.68. The highest BCUT2D eigenvalue weighted by Gasteiger charge is 2.19. The Hall–Kier alpha value is -2.64. The zero-order valence-electron chi connectivity index (χ0n) is 14.4. The summed E-state index contributed by atoms with van der Waals surface area (Å²) >= 11 is 11.6. The molecule has 0 fully saturated rings. The van der Waals surface area contributed by atoms with Crippen LogP contribution in [0, 0.1) is 0 Å². The number of carbonyl (C=O) groups excluding carboxylic acids is 3. The lowest BCUT2D eigenvalue weighted by atomic mass is 10.0. The molecule has 0 aliphatic carbocycles. The summed E-state index contributed by atoms with van der Waals surface area (Å²) in [5.74, 6) is -1.18. The molecular formula is C18H17Cl2N3O4. The molecule has 2 amide bonds. The van der Waals surface area contributed by atoms with Gasteiger partial charge in [-0.25, -0.2) is 4.98 Å². The van der Waals surface area contributed by atoms with Gasteiger partial charge in [-0.2, -0.15) is 0 Å². The number of hydrogen-bond donors (Lipinski definition) is 2. The van der Waals surface area contributed by atoms with Crippen LogP contribution in [0.25, 0.3) is 0 Å². The second-order valence-electron chi connectivity index (χ2n) is 5.58. The average molecular weight is 410 g/mol. The molecule has 2 aromatic rings. The Balaban J connectivity index is 1.89. The number of halogens is 2. The molecule has 0 bridgehead atoms. The van der Waals surface area contributed by atoms with Crippen LogP contribution in [0.5, 0.6) is 0 Å². The van der Waals surface area contributed by atoms with Gasteiger partial charge in [0.2, 0.25) is 5.91 Å². The first kappa shape index (κ1) is 20.7.